The molecule has 2 atom stereocenters. The van der Waals surface area contributed by atoms with Gasteiger partial charge in [0.1, 0.15) is 11.6 Å². The van der Waals surface area contributed by atoms with Crippen molar-refractivity contribution in [2.45, 2.75) is 31.8 Å². The Labute approximate surface area is 138 Å². The van der Waals surface area contributed by atoms with Crippen molar-refractivity contribution in [3.05, 3.63) is 29.3 Å². The molecule has 2 saturated heterocycles. The number of rotatable bonds is 2. The Hall–Kier alpha value is -2.22. The molecule has 0 radical (unpaired) electrons. The maximum Gasteiger partial charge on any atom is 0.322 e. The van der Waals surface area contributed by atoms with Crippen molar-refractivity contribution in [1.29, 1.82) is 0 Å². The van der Waals surface area contributed by atoms with E-state index in [2.05, 4.69) is 5.32 Å². The van der Waals surface area contributed by atoms with Gasteiger partial charge < -0.3 is 16.0 Å². The standard InChI is InChI=1S/C16H20F2N4O2/c1-9-6-10(19)2-4-21(9)15(23)11-7-14(13(18)8-12(11)17)22-5-3-20-16(22)24/h7-10H,2-6,19H2,1H3,(H,20,24)/t9-,10-/m1/s1. The molecule has 24 heavy (non-hydrogen) atoms. The minimum absolute atomic E-state index is 0.0194. The van der Waals surface area contributed by atoms with Crippen molar-refractivity contribution in [2.75, 3.05) is 24.5 Å². The van der Waals surface area contributed by atoms with E-state index in [1.165, 1.54) is 4.90 Å². The predicted octanol–water partition coefficient (Wildman–Crippen LogP) is 1.45. The zero-order valence-corrected chi connectivity index (χ0v) is 13.4. The molecule has 8 heteroatoms. The predicted molar refractivity (Wildman–Crippen MR) is 84.8 cm³/mol. The van der Waals surface area contributed by atoms with Gasteiger partial charge in [0.2, 0.25) is 0 Å². The van der Waals surface area contributed by atoms with Crippen LogP contribution in [0.2, 0.25) is 0 Å². The van der Waals surface area contributed by atoms with Crippen LogP contribution in [0.5, 0.6) is 0 Å². The molecule has 3 N–H and O–H groups in total. The van der Waals surface area contributed by atoms with Gasteiger partial charge in [-0.3, -0.25) is 9.69 Å². The van der Waals surface area contributed by atoms with E-state index in [1.807, 2.05) is 6.92 Å². The zero-order chi connectivity index (χ0) is 17.4. The molecular weight excluding hydrogens is 318 g/mol. The molecule has 0 saturated carbocycles. The van der Waals surface area contributed by atoms with Gasteiger partial charge in [0.15, 0.2) is 0 Å². The lowest BCUT2D eigenvalue weighted by atomic mass is 9.98. The van der Waals surface area contributed by atoms with Crippen LogP contribution in [0.25, 0.3) is 0 Å². The van der Waals surface area contributed by atoms with Crippen molar-refractivity contribution >= 4 is 17.6 Å². The van der Waals surface area contributed by atoms with Crippen LogP contribution in [-0.4, -0.2) is 48.6 Å². The highest BCUT2D eigenvalue weighted by molar-refractivity contribution is 5.99. The molecule has 1 aromatic carbocycles. The molecular formula is C16H20F2N4O2. The molecule has 0 bridgehead atoms. The van der Waals surface area contributed by atoms with Gasteiger partial charge in [-0.25, -0.2) is 13.6 Å². The molecule has 0 aliphatic carbocycles. The number of amides is 3. The monoisotopic (exact) mass is 338 g/mol. The SMILES string of the molecule is C[C@@H]1C[C@H](N)CCN1C(=O)c1cc(N2CCNC2=O)c(F)cc1F. The first-order valence-electron chi connectivity index (χ1n) is 7.99. The number of carbonyl (C=O) groups excluding carboxylic acids is 2. The molecule has 3 amide bonds. The Morgan fingerprint density at radius 2 is 2.04 bits per heavy atom. The topological polar surface area (TPSA) is 78.7 Å². The fraction of sp³-hybridized carbons (Fsp3) is 0.500. The van der Waals surface area contributed by atoms with Crippen molar-refractivity contribution < 1.29 is 18.4 Å². The summed E-state index contributed by atoms with van der Waals surface area (Å²) in [6.07, 6.45) is 1.27. The number of urea groups is 1. The first kappa shape index (κ1) is 16.6. The molecule has 0 unspecified atom stereocenters. The summed E-state index contributed by atoms with van der Waals surface area (Å²) in [6.45, 7) is 2.93. The second-order valence-corrected chi connectivity index (χ2v) is 6.30. The lowest BCUT2D eigenvalue weighted by molar-refractivity contribution is 0.0614. The first-order chi connectivity index (χ1) is 11.4. The van der Waals surface area contributed by atoms with Crippen LogP contribution in [0.3, 0.4) is 0 Å². The van der Waals surface area contributed by atoms with E-state index >= 15 is 0 Å². The van der Waals surface area contributed by atoms with Crippen LogP contribution >= 0.6 is 0 Å². The van der Waals surface area contributed by atoms with E-state index in [1.54, 1.807) is 4.90 Å². The third-order valence-electron chi connectivity index (χ3n) is 4.59. The summed E-state index contributed by atoms with van der Waals surface area (Å²) in [4.78, 5) is 27.1. The van der Waals surface area contributed by atoms with E-state index in [0.29, 0.717) is 32.0 Å². The van der Waals surface area contributed by atoms with Gasteiger partial charge in [-0.2, -0.15) is 0 Å². The van der Waals surface area contributed by atoms with Crippen LogP contribution in [0.1, 0.15) is 30.1 Å². The number of piperidine rings is 1. The van der Waals surface area contributed by atoms with Crippen LogP contribution in [0.4, 0.5) is 19.3 Å². The lowest BCUT2D eigenvalue weighted by Gasteiger charge is -2.36. The molecule has 3 rings (SSSR count). The normalized spacial score (nSPS) is 24.2. The minimum Gasteiger partial charge on any atom is -0.336 e. The van der Waals surface area contributed by atoms with E-state index in [9.17, 15) is 18.4 Å². The minimum atomic E-state index is -0.928. The van der Waals surface area contributed by atoms with Crippen molar-refractivity contribution in [3.8, 4) is 0 Å². The van der Waals surface area contributed by atoms with Crippen molar-refractivity contribution in [1.82, 2.24) is 10.2 Å². The molecule has 0 aromatic heterocycles. The summed E-state index contributed by atoms with van der Waals surface area (Å²) in [5.74, 6) is -2.30. The van der Waals surface area contributed by atoms with Gasteiger partial charge in [0.05, 0.1) is 11.3 Å². The second-order valence-electron chi connectivity index (χ2n) is 6.30. The van der Waals surface area contributed by atoms with E-state index in [-0.39, 0.29) is 29.9 Å². The van der Waals surface area contributed by atoms with Crippen LogP contribution < -0.4 is 16.0 Å². The van der Waals surface area contributed by atoms with Gasteiger partial charge in [0, 0.05) is 37.8 Å². The van der Waals surface area contributed by atoms with Gasteiger partial charge >= 0.3 is 6.03 Å². The fourth-order valence-electron chi connectivity index (χ4n) is 3.27. The Balaban J connectivity index is 1.92. The highest BCUT2D eigenvalue weighted by Gasteiger charge is 2.31. The fourth-order valence-corrected chi connectivity index (χ4v) is 3.27. The maximum atomic E-state index is 14.2. The number of nitrogens with zero attached hydrogens (tertiary/aromatic N) is 2. The summed E-state index contributed by atoms with van der Waals surface area (Å²) >= 11 is 0. The number of hydrogen-bond donors (Lipinski definition) is 2. The van der Waals surface area contributed by atoms with Gasteiger partial charge in [-0.05, 0) is 25.8 Å². The number of likely N-dealkylation sites (tertiary alicyclic amines) is 1. The Bertz CT molecular complexity index is 682. The van der Waals surface area contributed by atoms with Gasteiger partial charge in [-0.1, -0.05) is 0 Å². The first-order valence-corrected chi connectivity index (χ1v) is 7.99. The summed E-state index contributed by atoms with van der Waals surface area (Å²) in [5.41, 5.74) is 5.57. The molecule has 2 aliphatic heterocycles. The number of carbonyl (C=O) groups is 2. The second kappa shape index (κ2) is 6.35. The Morgan fingerprint density at radius 3 is 2.67 bits per heavy atom. The average Bonchev–Trinajstić information content (AvgIpc) is 2.93. The molecule has 2 fully saturated rings. The zero-order valence-electron chi connectivity index (χ0n) is 13.4. The third kappa shape index (κ3) is 2.93. The highest BCUT2D eigenvalue weighted by Crippen LogP contribution is 2.27. The van der Waals surface area contributed by atoms with Gasteiger partial charge in [-0.15, -0.1) is 0 Å². The summed E-state index contributed by atoms with van der Waals surface area (Å²) in [7, 11) is 0. The molecule has 2 heterocycles. The van der Waals surface area contributed by atoms with Gasteiger partial charge in [0.25, 0.3) is 5.91 Å². The molecule has 0 spiro atoms. The summed E-state index contributed by atoms with van der Waals surface area (Å²) in [5, 5.41) is 2.55. The van der Waals surface area contributed by atoms with Crippen LogP contribution in [0, 0.1) is 11.6 Å². The van der Waals surface area contributed by atoms with E-state index in [0.717, 1.165) is 6.07 Å². The molecule has 1 aromatic rings. The Morgan fingerprint density at radius 1 is 1.29 bits per heavy atom. The van der Waals surface area contributed by atoms with E-state index in [4.69, 9.17) is 5.73 Å². The quantitative estimate of drug-likeness (QED) is 0.857. The largest absolute Gasteiger partial charge is 0.336 e. The molecule has 2 aliphatic rings. The summed E-state index contributed by atoms with van der Waals surface area (Å²) in [6, 6.07) is 1.22. The number of benzene rings is 1. The number of nitrogens with two attached hydrogens (primary N) is 1. The number of halogens is 2. The van der Waals surface area contributed by atoms with Crippen LogP contribution in [-0.2, 0) is 0 Å². The number of nitrogens with one attached hydrogen (secondary N) is 1. The third-order valence-corrected chi connectivity index (χ3v) is 4.59. The lowest BCUT2D eigenvalue weighted by Crippen LogP contribution is -2.48. The van der Waals surface area contributed by atoms with Crippen molar-refractivity contribution in [3.63, 3.8) is 0 Å². The summed E-state index contributed by atoms with van der Waals surface area (Å²) < 4.78 is 28.3. The van der Waals surface area contributed by atoms with Crippen LogP contribution in [0.15, 0.2) is 12.1 Å². The Kier molecular flexibility index (Phi) is 4.40. The van der Waals surface area contributed by atoms with E-state index < -0.39 is 23.6 Å². The molecule has 130 valence electrons. The highest BCUT2D eigenvalue weighted by atomic mass is 19.1. The number of anilines is 1. The average molecular weight is 338 g/mol. The molecule has 6 nitrogen and oxygen atoms in total. The number of hydrogen-bond acceptors (Lipinski definition) is 3. The maximum absolute atomic E-state index is 14.2. The van der Waals surface area contributed by atoms with Crippen molar-refractivity contribution in [2.24, 2.45) is 5.73 Å². The smallest absolute Gasteiger partial charge is 0.322 e.